The molecule has 1 aromatic rings. The average Bonchev–Trinajstić information content (AvgIpc) is 2.43. The molecule has 0 aliphatic rings. The number of carbonyl (C=O) groups excluding carboxylic acids is 1. The van der Waals surface area contributed by atoms with Crippen LogP contribution in [0.3, 0.4) is 0 Å². The molecular formula is C17H23NO4. The van der Waals surface area contributed by atoms with Gasteiger partial charge in [-0.2, -0.15) is 0 Å². The number of hydrogen-bond donors (Lipinski definition) is 2. The van der Waals surface area contributed by atoms with Crippen LogP contribution < -0.4 is 10.1 Å². The van der Waals surface area contributed by atoms with Gasteiger partial charge in [-0.25, -0.2) is 4.79 Å². The fraction of sp³-hybridized carbons (Fsp3) is 0.471. The molecule has 0 spiro atoms. The molecule has 0 aliphatic carbocycles. The molecule has 1 amide bonds. The van der Waals surface area contributed by atoms with E-state index in [-0.39, 0.29) is 6.61 Å². The lowest BCUT2D eigenvalue weighted by Crippen LogP contribution is -2.34. The standard InChI is InChI=1S/C17H23NO4/c1-17(2,3)22-16(20)18-10-12-21-15-9-6-8-14(13-15)7-4-5-11-19/h6,8-9,13,19H,7,10-12H2,1-3H3,(H,18,20). The predicted molar refractivity (Wildman–Crippen MR) is 84.7 cm³/mol. The highest BCUT2D eigenvalue weighted by molar-refractivity contribution is 5.67. The molecule has 0 fully saturated rings. The van der Waals surface area contributed by atoms with Crippen LogP contribution >= 0.6 is 0 Å². The minimum absolute atomic E-state index is 0.132. The van der Waals surface area contributed by atoms with Gasteiger partial charge in [-0.1, -0.05) is 24.0 Å². The van der Waals surface area contributed by atoms with Gasteiger partial charge in [0.15, 0.2) is 0 Å². The van der Waals surface area contributed by atoms with Gasteiger partial charge in [-0.15, -0.1) is 0 Å². The molecule has 0 aliphatic heterocycles. The van der Waals surface area contributed by atoms with E-state index in [2.05, 4.69) is 17.2 Å². The Morgan fingerprint density at radius 3 is 2.77 bits per heavy atom. The van der Waals surface area contributed by atoms with Crippen LogP contribution in [0.1, 0.15) is 26.3 Å². The smallest absolute Gasteiger partial charge is 0.407 e. The summed E-state index contributed by atoms with van der Waals surface area (Å²) in [5, 5.41) is 11.2. The van der Waals surface area contributed by atoms with Gasteiger partial charge in [0, 0.05) is 6.42 Å². The molecule has 1 aromatic carbocycles. The van der Waals surface area contributed by atoms with Gasteiger partial charge in [-0.05, 0) is 38.5 Å². The first-order chi connectivity index (χ1) is 10.4. The van der Waals surface area contributed by atoms with E-state index in [1.807, 2.05) is 45.0 Å². The lowest BCUT2D eigenvalue weighted by atomic mass is 10.1. The first-order valence-corrected chi connectivity index (χ1v) is 7.16. The van der Waals surface area contributed by atoms with Crippen LogP contribution in [0.4, 0.5) is 4.79 Å². The van der Waals surface area contributed by atoms with Gasteiger partial charge < -0.3 is 19.9 Å². The highest BCUT2D eigenvalue weighted by Gasteiger charge is 2.15. The molecule has 22 heavy (non-hydrogen) atoms. The summed E-state index contributed by atoms with van der Waals surface area (Å²) in [6.45, 7) is 6.03. The quantitative estimate of drug-likeness (QED) is 0.646. The zero-order valence-electron chi connectivity index (χ0n) is 13.3. The van der Waals surface area contributed by atoms with Crippen molar-refractivity contribution in [1.82, 2.24) is 5.32 Å². The number of hydrogen-bond acceptors (Lipinski definition) is 4. The largest absolute Gasteiger partial charge is 0.492 e. The Balaban J connectivity index is 2.33. The Hall–Kier alpha value is -2.19. The van der Waals surface area contributed by atoms with Crippen molar-refractivity contribution in [3.63, 3.8) is 0 Å². The molecule has 0 atom stereocenters. The van der Waals surface area contributed by atoms with E-state index in [4.69, 9.17) is 14.6 Å². The number of amides is 1. The summed E-state index contributed by atoms with van der Waals surface area (Å²) in [5.41, 5.74) is 0.507. The summed E-state index contributed by atoms with van der Waals surface area (Å²) < 4.78 is 10.7. The van der Waals surface area contributed by atoms with Gasteiger partial charge in [0.1, 0.15) is 24.6 Å². The van der Waals surface area contributed by atoms with E-state index < -0.39 is 11.7 Å². The highest BCUT2D eigenvalue weighted by atomic mass is 16.6. The zero-order chi connectivity index (χ0) is 16.4. The number of alkyl carbamates (subject to hydrolysis) is 1. The monoisotopic (exact) mass is 305 g/mol. The Morgan fingerprint density at radius 1 is 1.32 bits per heavy atom. The lowest BCUT2D eigenvalue weighted by Gasteiger charge is -2.19. The van der Waals surface area contributed by atoms with E-state index in [1.54, 1.807) is 0 Å². The van der Waals surface area contributed by atoms with Crippen molar-refractivity contribution in [2.75, 3.05) is 19.8 Å². The van der Waals surface area contributed by atoms with Gasteiger partial charge in [0.25, 0.3) is 0 Å². The topological polar surface area (TPSA) is 67.8 Å². The van der Waals surface area contributed by atoms with E-state index >= 15 is 0 Å². The molecule has 0 unspecified atom stereocenters. The van der Waals surface area contributed by atoms with E-state index in [0.717, 1.165) is 5.56 Å². The summed E-state index contributed by atoms with van der Waals surface area (Å²) in [7, 11) is 0. The second-order valence-corrected chi connectivity index (χ2v) is 5.61. The number of benzene rings is 1. The van der Waals surface area contributed by atoms with Crippen molar-refractivity contribution in [2.24, 2.45) is 0 Å². The minimum Gasteiger partial charge on any atom is -0.492 e. The fourth-order valence-electron chi connectivity index (χ4n) is 1.60. The summed E-state index contributed by atoms with van der Waals surface area (Å²) in [6.07, 6.45) is 0.109. The SMILES string of the molecule is CC(C)(C)OC(=O)NCCOc1cccc(CC#CCO)c1. The number of aliphatic hydroxyl groups is 1. The van der Waals surface area contributed by atoms with Crippen LogP contribution in [-0.4, -0.2) is 36.6 Å². The molecule has 0 heterocycles. The van der Waals surface area contributed by atoms with Gasteiger partial charge in [0.05, 0.1) is 6.54 Å². The third-order valence-corrected chi connectivity index (χ3v) is 2.43. The average molecular weight is 305 g/mol. The molecule has 5 heteroatoms. The Kier molecular flexibility index (Phi) is 7.27. The van der Waals surface area contributed by atoms with Crippen molar-refractivity contribution >= 4 is 6.09 Å². The van der Waals surface area contributed by atoms with Crippen LogP contribution in [0.25, 0.3) is 0 Å². The van der Waals surface area contributed by atoms with Crippen LogP contribution in [0, 0.1) is 11.8 Å². The molecule has 0 aromatic heterocycles. The highest BCUT2D eigenvalue weighted by Crippen LogP contribution is 2.13. The van der Waals surface area contributed by atoms with Crippen LogP contribution in [-0.2, 0) is 11.2 Å². The number of aliphatic hydroxyl groups excluding tert-OH is 1. The predicted octanol–water partition coefficient (Wildman–Crippen LogP) is 2.13. The number of carbonyl (C=O) groups is 1. The fourth-order valence-corrected chi connectivity index (χ4v) is 1.60. The molecule has 0 saturated carbocycles. The maximum Gasteiger partial charge on any atom is 0.407 e. The molecule has 2 N–H and O–H groups in total. The Bertz CT molecular complexity index is 538. The van der Waals surface area contributed by atoms with E-state index in [9.17, 15) is 4.79 Å². The third kappa shape index (κ3) is 8.18. The zero-order valence-corrected chi connectivity index (χ0v) is 13.3. The van der Waals surface area contributed by atoms with Gasteiger partial charge >= 0.3 is 6.09 Å². The molecular weight excluding hydrogens is 282 g/mol. The first-order valence-electron chi connectivity index (χ1n) is 7.16. The molecule has 0 radical (unpaired) electrons. The number of rotatable bonds is 5. The summed E-state index contributed by atoms with van der Waals surface area (Å²) in [6, 6.07) is 7.56. The maximum atomic E-state index is 11.4. The Labute approximate surface area is 131 Å². The van der Waals surface area contributed by atoms with Crippen LogP contribution in [0.15, 0.2) is 24.3 Å². The lowest BCUT2D eigenvalue weighted by molar-refractivity contribution is 0.0520. The number of ether oxygens (including phenoxy) is 2. The van der Waals surface area contributed by atoms with Gasteiger partial charge in [-0.3, -0.25) is 0 Å². The maximum absolute atomic E-state index is 11.4. The van der Waals surface area contributed by atoms with Crippen molar-refractivity contribution in [1.29, 1.82) is 0 Å². The summed E-state index contributed by atoms with van der Waals surface area (Å²) in [5.74, 6) is 6.17. The van der Waals surface area contributed by atoms with Crippen LogP contribution in [0.5, 0.6) is 5.75 Å². The number of nitrogens with one attached hydrogen (secondary N) is 1. The van der Waals surface area contributed by atoms with Crippen molar-refractivity contribution in [3.05, 3.63) is 29.8 Å². The normalized spacial score (nSPS) is 10.4. The van der Waals surface area contributed by atoms with Crippen molar-refractivity contribution in [3.8, 4) is 17.6 Å². The van der Waals surface area contributed by atoms with Crippen LogP contribution in [0.2, 0.25) is 0 Å². The molecule has 0 bridgehead atoms. The molecule has 120 valence electrons. The summed E-state index contributed by atoms with van der Waals surface area (Å²) in [4.78, 5) is 11.4. The van der Waals surface area contributed by atoms with Gasteiger partial charge in [0.2, 0.25) is 0 Å². The third-order valence-electron chi connectivity index (χ3n) is 2.43. The Morgan fingerprint density at radius 2 is 2.09 bits per heavy atom. The molecule has 5 nitrogen and oxygen atoms in total. The first kappa shape index (κ1) is 17.9. The second kappa shape index (κ2) is 8.96. The van der Waals surface area contributed by atoms with Crippen molar-refractivity contribution in [2.45, 2.75) is 32.8 Å². The molecule has 1 rings (SSSR count). The van der Waals surface area contributed by atoms with E-state index in [1.165, 1.54) is 0 Å². The molecule has 0 saturated heterocycles. The summed E-state index contributed by atoms with van der Waals surface area (Å²) >= 11 is 0. The van der Waals surface area contributed by atoms with Crippen molar-refractivity contribution < 1.29 is 19.4 Å². The minimum atomic E-state index is -0.505. The van der Waals surface area contributed by atoms with E-state index in [0.29, 0.717) is 25.3 Å². The second-order valence-electron chi connectivity index (χ2n) is 5.61.